The van der Waals surface area contributed by atoms with Crippen LogP contribution in [0.15, 0.2) is 36.4 Å². The van der Waals surface area contributed by atoms with Gasteiger partial charge in [-0.05, 0) is 50.2 Å². The van der Waals surface area contributed by atoms with Gasteiger partial charge in [-0.15, -0.1) is 0 Å². The van der Waals surface area contributed by atoms with E-state index in [-0.39, 0.29) is 18.9 Å². The third kappa shape index (κ3) is 6.40. The van der Waals surface area contributed by atoms with Crippen LogP contribution in [0, 0.1) is 11.8 Å². The van der Waals surface area contributed by atoms with Gasteiger partial charge in [-0.1, -0.05) is 18.2 Å². The first-order chi connectivity index (χ1) is 14.5. The number of rotatable bonds is 10. The molecule has 6 nitrogen and oxygen atoms in total. The monoisotopic (exact) mass is 436 g/mol. The average molecular weight is 437 g/mol. The maximum Gasteiger partial charge on any atom is 0.303 e. The number of fused-ring (bicyclic) bond motifs is 1. The van der Waals surface area contributed by atoms with E-state index >= 15 is 0 Å². The van der Waals surface area contributed by atoms with Crippen molar-refractivity contribution in [3.8, 4) is 11.5 Å². The predicted molar refractivity (Wildman–Crippen MR) is 117 cm³/mol. The maximum atomic E-state index is 10.7. The molecule has 3 rings (SSSR count). The van der Waals surface area contributed by atoms with Crippen LogP contribution in [-0.4, -0.2) is 57.7 Å². The number of hydrogen-bond donors (Lipinski definition) is 3. The van der Waals surface area contributed by atoms with E-state index in [1.54, 1.807) is 19.3 Å². The van der Waals surface area contributed by atoms with E-state index in [0.717, 1.165) is 32.1 Å². The molecule has 0 aromatic heterocycles. The number of thioether (sulfide) groups is 1. The molecule has 1 saturated heterocycles. The summed E-state index contributed by atoms with van der Waals surface area (Å²) in [6.45, 7) is 0.140. The Balaban J connectivity index is 1.46. The molecule has 2 aliphatic rings. The topological polar surface area (TPSA) is 96.2 Å². The number of aliphatic hydroxyl groups excluding tert-OH is 2. The zero-order valence-electron chi connectivity index (χ0n) is 17.4. The van der Waals surface area contributed by atoms with Crippen LogP contribution in [0.3, 0.4) is 0 Å². The number of carboxylic acid groups (broad SMARTS) is 1. The average Bonchev–Trinajstić information content (AvgIpc) is 3.04. The van der Waals surface area contributed by atoms with Crippen molar-refractivity contribution in [3.05, 3.63) is 36.4 Å². The predicted octanol–water partition coefficient (Wildman–Crippen LogP) is 3.51. The van der Waals surface area contributed by atoms with Crippen LogP contribution in [0.4, 0.5) is 0 Å². The number of hydrogen-bond acceptors (Lipinski definition) is 6. The van der Waals surface area contributed by atoms with Gasteiger partial charge in [0.2, 0.25) is 0 Å². The molecule has 0 amide bonds. The number of methoxy groups -OCH3 is 1. The minimum absolute atomic E-state index is 0.0499. The van der Waals surface area contributed by atoms with Crippen molar-refractivity contribution in [2.75, 3.05) is 13.7 Å². The summed E-state index contributed by atoms with van der Waals surface area (Å²) < 4.78 is 10.8. The Bertz CT molecular complexity index is 723. The van der Waals surface area contributed by atoms with Crippen molar-refractivity contribution >= 4 is 17.7 Å². The summed E-state index contributed by atoms with van der Waals surface area (Å²) in [4.78, 5) is 10.7. The highest BCUT2D eigenvalue weighted by molar-refractivity contribution is 8.00. The summed E-state index contributed by atoms with van der Waals surface area (Å²) in [6, 6.07) is 7.26. The lowest BCUT2D eigenvalue weighted by Gasteiger charge is -2.33. The summed E-state index contributed by atoms with van der Waals surface area (Å²) in [7, 11) is 1.60. The van der Waals surface area contributed by atoms with E-state index < -0.39 is 18.2 Å². The lowest BCUT2D eigenvalue weighted by atomic mass is 9.88. The van der Waals surface area contributed by atoms with Gasteiger partial charge in [0.25, 0.3) is 0 Å². The van der Waals surface area contributed by atoms with Gasteiger partial charge < -0.3 is 24.8 Å². The third-order valence-corrected chi connectivity index (χ3v) is 7.76. The minimum atomic E-state index is -0.748. The summed E-state index contributed by atoms with van der Waals surface area (Å²) in [6.07, 6.45) is 7.29. The molecule has 7 heteroatoms. The standard InChI is InChI=1S/C23H32O6S/c1-28-16-4-2-5-17(12-16)29-14-15(24)8-10-19-20-11-9-18(6-3-7-23(26)27)30-22(20)13-21(19)25/h2,4-5,8,10,12,15,18-22,24-25H,3,6-7,9,11,13-14H2,1H3,(H,26,27)/t15-,18+,19-,20-,21-,22+/m1/s1. The number of benzene rings is 1. The maximum absolute atomic E-state index is 10.7. The molecule has 2 fully saturated rings. The van der Waals surface area contributed by atoms with Crippen molar-refractivity contribution in [1.29, 1.82) is 0 Å². The second kappa shape index (κ2) is 11.1. The van der Waals surface area contributed by atoms with Gasteiger partial charge in [-0.25, -0.2) is 0 Å². The first-order valence-corrected chi connectivity index (χ1v) is 11.6. The minimum Gasteiger partial charge on any atom is -0.497 e. The third-order valence-electron chi connectivity index (χ3n) is 6.01. The zero-order chi connectivity index (χ0) is 21.5. The van der Waals surface area contributed by atoms with Crippen molar-refractivity contribution in [1.82, 2.24) is 0 Å². The summed E-state index contributed by atoms with van der Waals surface area (Å²) in [5, 5.41) is 30.6. The Morgan fingerprint density at radius 2 is 2.13 bits per heavy atom. The Morgan fingerprint density at radius 1 is 1.33 bits per heavy atom. The molecule has 1 heterocycles. The molecule has 1 aromatic rings. The molecule has 30 heavy (non-hydrogen) atoms. The van der Waals surface area contributed by atoms with Crippen molar-refractivity contribution in [2.45, 2.75) is 61.2 Å². The highest BCUT2D eigenvalue weighted by Gasteiger charge is 2.44. The molecular weight excluding hydrogens is 404 g/mol. The van der Waals surface area contributed by atoms with E-state index in [4.69, 9.17) is 14.6 Å². The molecule has 6 atom stereocenters. The molecule has 0 unspecified atom stereocenters. The molecule has 1 aromatic carbocycles. The lowest BCUT2D eigenvalue weighted by Crippen LogP contribution is -2.27. The van der Waals surface area contributed by atoms with Crippen molar-refractivity contribution in [2.24, 2.45) is 11.8 Å². The van der Waals surface area contributed by atoms with Gasteiger partial charge in [0.15, 0.2) is 0 Å². The first kappa shape index (κ1) is 23.0. The molecule has 3 N–H and O–H groups in total. The Morgan fingerprint density at radius 3 is 2.90 bits per heavy atom. The zero-order valence-corrected chi connectivity index (χ0v) is 18.2. The Labute approximate surface area is 182 Å². The Kier molecular flexibility index (Phi) is 8.48. The molecule has 0 bridgehead atoms. The van der Waals surface area contributed by atoms with Crippen molar-refractivity contribution in [3.63, 3.8) is 0 Å². The summed E-state index contributed by atoms with van der Waals surface area (Å²) in [5.74, 6) is 1.07. The van der Waals surface area contributed by atoms with E-state index in [1.165, 1.54) is 0 Å². The first-order valence-electron chi connectivity index (χ1n) is 10.6. The number of ether oxygens (including phenoxy) is 2. The summed E-state index contributed by atoms with van der Waals surface area (Å²) >= 11 is 1.92. The molecule has 166 valence electrons. The smallest absolute Gasteiger partial charge is 0.303 e. The molecule has 1 aliphatic heterocycles. The van der Waals surface area contributed by atoms with Crippen LogP contribution in [0.25, 0.3) is 0 Å². The molecule has 1 aliphatic carbocycles. The van der Waals surface area contributed by atoms with Gasteiger partial charge in [-0.2, -0.15) is 11.8 Å². The highest BCUT2D eigenvalue weighted by atomic mass is 32.2. The van der Waals surface area contributed by atoms with Gasteiger partial charge in [0.1, 0.15) is 24.2 Å². The van der Waals surface area contributed by atoms with E-state index in [1.807, 2.05) is 36.0 Å². The fourth-order valence-electron chi connectivity index (χ4n) is 4.48. The lowest BCUT2D eigenvalue weighted by molar-refractivity contribution is -0.137. The van der Waals surface area contributed by atoms with Crippen LogP contribution in [0.5, 0.6) is 11.5 Å². The number of carbonyl (C=O) groups is 1. The molecule has 0 radical (unpaired) electrons. The van der Waals surface area contributed by atoms with Crippen LogP contribution in [0.1, 0.15) is 38.5 Å². The fourth-order valence-corrected chi connectivity index (χ4v) is 6.38. The van der Waals surface area contributed by atoms with Crippen LogP contribution in [0.2, 0.25) is 0 Å². The number of aliphatic hydroxyl groups is 2. The van der Waals surface area contributed by atoms with Crippen LogP contribution < -0.4 is 9.47 Å². The van der Waals surface area contributed by atoms with Crippen LogP contribution >= 0.6 is 11.8 Å². The second-order valence-electron chi connectivity index (χ2n) is 8.15. The van der Waals surface area contributed by atoms with Crippen molar-refractivity contribution < 1.29 is 29.6 Å². The number of aliphatic carboxylic acids is 1. The van der Waals surface area contributed by atoms with E-state index in [0.29, 0.717) is 27.9 Å². The Hall–Kier alpha value is -1.70. The van der Waals surface area contributed by atoms with Gasteiger partial charge in [0, 0.05) is 28.9 Å². The van der Waals surface area contributed by atoms with Crippen LogP contribution in [-0.2, 0) is 4.79 Å². The van der Waals surface area contributed by atoms with Gasteiger partial charge in [0.05, 0.1) is 13.2 Å². The fraction of sp³-hybridized carbons (Fsp3) is 0.609. The quantitative estimate of drug-likeness (QED) is 0.483. The van der Waals surface area contributed by atoms with Gasteiger partial charge >= 0.3 is 5.97 Å². The summed E-state index contributed by atoms with van der Waals surface area (Å²) in [5.41, 5.74) is 0. The van der Waals surface area contributed by atoms with E-state index in [9.17, 15) is 15.0 Å². The SMILES string of the molecule is COc1cccc(OC[C@H](O)C=C[C@@H]2[C@H]3CC[C@H](CCCC(=O)O)S[C@H]3C[C@H]2O)c1. The number of carboxylic acids is 1. The molecule has 1 saturated carbocycles. The largest absolute Gasteiger partial charge is 0.497 e. The molecule has 0 spiro atoms. The van der Waals surface area contributed by atoms with Gasteiger partial charge in [-0.3, -0.25) is 4.79 Å². The highest BCUT2D eigenvalue weighted by Crippen LogP contribution is 2.49. The van der Waals surface area contributed by atoms with E-state index in [2.05, 4.69) is 0 Å². The second-order valence-corrected chi connectivity index (χ2v) is 9.69. The molecular formula is C23H32O6S. The normalized spacial score (nSPS) is 29.5.